The number of aliphatic hydroxyl groups is 1. The number of pyridine rings is 1. The summed E-state index contributed by atoms with van der Waals surface area (Å²) in [5, 5.41) is 29.9. The molecule has 4 N–H and O–H groups in total. The van der Waals surface area contributed by atoms with E-state index in [4.69, 9.17) is 15.1 Å². The number of hydrogen-bond donors (Lipinski definition) is 4. The molecular weight excluding hydrogens is 392 g/mol. The molecule has 2 aromatic rings. The number of morpholine rings is 1. The second kappa shape index (κ2) is 8.96. The van der Waals surface area contributed by atoms with E-state index in [0.717, 1.165) is 50.2 Å². The molecule has 168 valence electrons. The molecule has 0 bridgehead atoms. The molecule has 3 heterocycles. The number of aromatic amines is 1. The van der Waals surface area contributed by atoms with E-state index in [9.17, 15) is 5.11 Å². The van der Waals surface area contributed by atoms with Gasteiger partial charge < -0.3 is 25.5 Å². The molecule has 5 rings (SSSR count). The number of H-pyrrole nitrogens is 1. The van der Waals surface area contributed by atoms with Gasteiger partial charge in [-0.25, -0.2) is 4.98 Å². The lowest BCUT2D eigenvalue weighted by atomic mass is 9.72. The Morgan fingerprint density at radius 1 is 1.16 bits per heavy atom. The van der Waals surface area contributed by atoms with Crippen molar-refractivity contribution in [3.05, 3.63) is 29.5 Å². The minimum atomic E-state index is -0.922. The molecule has 8 nitrogen and oxygen atoms in total. The van der Waals surface area contributed by atoms with Gasteiger partial charge in [-0.15, -0.1) is 0 Å². The van der Waals surface area contributed by atoms with E-state index in [1.807, 2.05) is 26.0 Å². The highest BCUT2D eigenvalue weighted by Crippen LogP contribution is 2.59. The summed E-state index contributed by atoms with van der Waals surface area (Å²) in [5.41, 5.74) is 1.01. The number of nitrogens with zero attached hydrogens (tertiary/aromatic N) is 3. The average Bonchev–Trinajstić information content (AvgIpc) is 3.39. The maximum atomic E-state index is 11.7. The Bertz CT molecular complexity index is 878. The molecule has 2 aromatic heterocycles. The van der Waals surface area contributed by atoms with E-state index in [1.165, 1.54) is 19.1 Å². The molecule has 2 aliphatic carbocycles. The third-order valence-electron chi connectivity index (χ3n) is 6.87. The summed E-state index contributed by atoms with van der Waals surface area (Å²) in [4.78, 5) is 7.01. The van der Waals surface area contributed by atoms with Crippen LogP contribution in [0.15, 0.2) is 18.3 Å². The van der Waals surface area contributed by atoms with Crippen LogP contribution in [0.4, 0.5) is 17.5 Å². The molecule has 0 radical (unpaired) electrons. The Labute approximate surface area is 183 Å². The van der Waals surface area contributed by atoms with E-state index in [1.54, 1.807) is 6.20 Å². The standard InChI is InChI=1S/C21H28N6O2.C2H6/c22-14-15-16(21(28)6-4-20(2-3-20)5-7-21)13-18(27-9-11-29-12-10-27)25-19(15)24-17-1-8-23-26-17;1-2/h1,8,13-14,22,28H,2-7,9-12H2,(H2,23,24,25,26);1-2H3. The highest BCUT2D eigenvalue weighted by molar-refractivity contribution is 5.89. The number of nitrogens with one attached hydrogen (secondary N) is 3. The van der Waals surface area contributed by atoms with E-state index >= 15 is 0 Å². The summed E-state index contributed by atoms with van der Waals surface area (Å²) in [6.07, 6.45) is 9.16. The van der Waals surface area contributed by atoms with Gasteiger partial charge in [-0.1, -0.05) is 13.8 Å². The number of anilines is 3. The van der Waals surface area contributed by atoms with Gasteiger partial charge in [-0.2, -0.15) is 5.10 Å². The molecule has 2 saturated carbocycles. The zero-order valence-corrected chi connectivity index (χ0v) is 18.6. The first kappa shape index (κ1) is 21.8. The van der Waals surface area contributed by atoms with Gasteiger partial charge in [-0.3, -0.25) is 5.10 Å². The molecule has 0 atom stereocenters. The molecule has 3 fully saturated rings. The fraction of sp³-hybridized carbons (Fsp3) is 0.609. The summed E-state index contributed by atoms with van der Waals surface area (Å²) in [7, 11) is 0. The highest BCUT2D eigenvalue weighted by Gasteiger charge is 2.50. The van der Waals surface area contributed by atoms with Crippen LogP contribution in [0, 0.1) is 10.8 Å². The lowest BCUT2D eigenvalue weighted by Gasteiger charge is -2.38. The quantitative estimate of drug-likeness (QED) is 0.539. The van der Waals surface area contributed by atoms with Crippen molar-refractivity contribution in [2.45, 2.75) is 58.0 Å². The van der Waals surface area contributed by atoms with Crippen LogP contribution in [0.5, 0.6) is 0 Å². The van der Waals surface area contributed by atoms with E-state index in [-0.39, 0.29) is 0 Å². The lowest BCUT2D eigenvalue weighted by Crippen LogP contribution is -2.38. The summed E-state index contributed by atoms with van der Waals surface area (Å²) < 4.78 is 5.49. The molecule has 1 spiro atoms. The van der Waals surface area contributed by atoms with Crippen molar-refractivity contribution in [3.63, 3.8) is 0 Å². The van der Waals surface area contributed by atoms with Gasteiger partial charge in [0.1, 0.15) is 17.5 Å². The maximum Gasteiger partial charge on any atom is 0.143 e. The summed E-state index contributed by atoms with van der Waals surface area (Å²) >= 11 is 0. The third kappa shape index (κ3) is 4.45. The fourth-order valence-electron chi connectivity index (χ4n) is 4.72. The van der Waals surface area contributed by atoms with Gasteiger partial charge in [0.2, 0.25) is 0 Å². The maximum absolute atomic E-state index is 11.7. The molecule has 0 aromatic carbocycles. The van der Waals surface area contributed by atoms with Crippen molar-refractivity contribution in [2.75, 3.05) is 36.5 Å². The topological polar surface area (TPSA) is 110 Å². The minimum Gasteiger partial charge on any atom is -0.385 e. The largest absolute Gasteiger partial charge is 0.385 e. The van der Waals surface area contributed by atoms with Crippen molar-refractivity contribution in [2.24, 2.45) is 5.41 Å². The van der Waals surface area contributed by atoms with Gasteiger partial charge >= 0.3 is 0 Å². The van der Waals surface area contributed by atoms with Gasteiger partial charge in [0.15, 0.2) is 0 Å². The smallest absolute Gasteiger partial charge is 0.143 e. The van der Waals surface area contributed by atoms with Crippen molar-refractivity contribution >= 4 is 23.7 Å². The Hall–Kier alpha value is -2.45. The van der Waals surface area contributed by atoms with Crippen LogP contribution in [0.25, 0.3) is 0 Å². The second-order valence-corrected chi connectivity index (χ2v) is 8.66. The summed E-state index contributed by atoms with van der Waals surface area (Å²) in [5.74, 6) is 2.10. The Morgan fingerprint density at radius 3 is 2.42 bits per heavy atom. The molecule has 3 aliphatic rings. The van der Waals surface area contributed by atoms with Crippen molar-refractivity contribution in [3.8, 4) is 0 Å². The average molecular weight is 427 g/mol. The normalized spacial score (nSPS) is 21.2. The molecule has 8 heteroatoms. The fourth-order valence-corrected chi connectivity index (χ4v) is 4.72. The monoisotopic (exact) mass is 426 g/mol. The minimum absolute atomic E-state index is 0.480. The first-order valence-corrected chi connectivity index (χ1v) is 11.5. The lowest BCUT2D eigenvalue weighted by molar-refractivity contribution is -0.0186. The molecular formula is C23H34N6O2. The number of ether oxygens (including phenoxy) is 1. The van der Waals surface area contributed by atoms with Crippen LogP contribution < -0.4 is 10.2 Å². The SMILES string of the molecule is CC.N=Cc1c(C2(O)CCC3(CC3)CC2)cc(N2CCOCC2)nc1Nc1ccn[nH]1. The molecule has 1 aliphatic heterocycles. The third-order valence-corrected chi connectivity index (χ3v) is 6.87. The van der Waals surface area contributed by atoms with Gasteiger partial charge in [0, 0.05) is 30.9 Å². The first-order valence-electron chi connectivity index (χ1n) is 11.5. The van der Waals surface area contributed by atoms with Gasteiger partial charge in [0.25, 0.3) is 0 Å². The van der Waals surface area contributed by atoms with Crippen LogP contribution in [0.2, 0.25) is 0 Å². The number of hydrogen-bond acceptors (Lipinski definition) is 7. The molecule has 0 unspecified atom stereocenters. The first-order chi connectivity index (χ1) is 15.1. The van der Waals surface area contributed by atoms with E-state index in [0.29, 0.717) is 35.8 Å². The zero-order valence-electron chi connectivity index (χ0n) is 18.6. The van der Waals surface area contributed by atoms with E-state index < -0.39 is 5.60 Å². The van der Waals surface area contributed by atoms with Crippen LogP contribution in [0.1, 0.15) is 63.5 Å². The number of rotatable bonds is 5. The zero-order chi connectivity index (χ0) is 21.9. The molecule has 0 amide bonds. The molecule has 31 heavy (non-hydrogen) atoms. The number of aromatic nitrogens is 3. The predicted molar refractivity (Wildman–Crippen MR) is 122 cm³/mol. The van der Waals surface area contributed by atoms with Gasteiger partial charge in [0.05, 0.1) is 25.0 Å². The second-order valence-electron chi connectivity index (χ2n) is 8.66. The highest BCUT2D eigenvalue weighted by atomic mass is 16.5. The summed E-state index contributed by atoms with van der Waals surface area (Å²) in [6.45, 7) is 6.86. The van der Waals surface area contributed by atoms with Crippen LogP contribution >= 0.6 is 0 Å². The Kier molecular flexibility index (Phi) is 6.29. The van der Waals surface area contributed by atoms with Crippen molar-refractivity contribution < 1.29 is 9.84 Å². The molecule has 1 saturated heterocycles. The Morgan fingerprint density at radius 2 is 1.84 bits per heavy atom. The van der Waals surface area contributed by atoms with Gasteiger partial charge in [-0.05, 0) is 55.6 Å². The van der Waals surface area contributed by atoms with E-state index in [2.05, 4.69) is 20.4 Å². The summed E-state index contributed by atoms with van der Waals surface area (Å²) in [6, 6.07) is 3.82. The van der Waals surface area contributed by atoms with Crippen LogP contribution in [-0.4, -0.2) is 52.8 Å². The van der Waals surface area contributed by atoms with Crippen molar-refractivity contribution in [1.29, 1.82) is 5.41 Å². The van der Waals surface area contributed by atoms with Crippen LogP contribution in [0.3, 0.4) is 0 Å². The predicted octanol–water partition coefficient (Wildman–Crippen LogP) is 3.95. The van der Waals surface area contributed by atoms with Crippen molar-refractivity contribution in [1.82, 2.24) is 15.2 Å². The Balaban J connectivity index is 0.00000112. The van der Waals surface area contributed by atoms with Crippen LogP contribution in [-0.2, 0) is 10.3 Å².